The SMILES string of the molecule is O=[PH]=O.[Sc]. The molecule has 1 radical (unpaired) electrons. The molecule has 0 spiro atoms. The van der Waals surface area contributed by atoms with Crippen LogP contribution in [0, 0.1) is 0 Å². The minimum atomic E-state index is -1.42. The molecule has 0 fully saturated rings. The topological polar surface area (TPSA) is 34.1 Å². The normalized spacial score (nSPS) is 3.00. The molecule has 0 aliphatic rings. The quantitative estimate of drug-likeness (QED) is 0.420. The van der Waals surface area contributed by atoms with Crippen LogP contribution in [0.4, 0.5) is 0 Å². The van der Waals surface area contributed by atoms with Crippen LogP contribution in [0.25, 0.3) is 0 Å². The number of hydrogen-bond donors (Lipinski definition) is 0. The Kier molecular flexibility index (Phi) is 20.4. The van der Waals surface area contributed by atoms with E-state index in [4.69, 9.17) is 9.13 Å². The molecule has 0 aliphatic carbocycles. The van der Waals surface area contributed by atoms with Gasteiger partial charge in [-0.05, 0) is 0 Å². The maximum Gasteiger partial charge on any atom is 0.303 e. The Morgan fingerprint density at radius 3 is 1.25 bits per heavy atom. The molecule has 0 heterocycles. The van der Waals surface area contributed by atoms with Gasteiger partial charge in [0, 0.05) is 25.8 Å². The van der Waals surface area contributed by atoms with E-state index in [1.54, 1.807) is 0 Å². The van der Waals surface area contributed by atoms with Crippen molar-refractivity contribution in [2.75, 3.05) is 0 Å². The van der Waals surface area contributed by atoms with Crippen molar-refractivity contribution < 1.29 is 35.0 Å². The van der Waals surface area contributed by atoms with Crippen LogP contribution in [0.3, 0.4) is 0 Å². The van der Waals surface area contributed by atoms with E-state index in [1.165, 1.54) is 0 Å². The molecule has 21 valence electrons. The predicted octanol–water partition coefficient (Wildman–Crippen LogP) is 0.353. The summed E-state index contributed by atoms with van der Waals surface area (Å²) in [5, 5.41) is 0. The van der Waals surface area contributed by atoms with Crippen LogP contribution in [0.5, 0.6) is 0 Å². The number of hydrogen-bond acceptors (Lipinski definition) is 2. The van der Waals surface area contributed by atoms with Crippen molar-refractivity contribution in [1.82, 2.24) is 0 Å². The minimum Gasteiger partial charge on any atom is -0.241 e. The second-order valence-corrected chi connectivity index (χ2v) is 0.250. The van der Waals surface area contributed by atoms with Crippen molar-refractivity contribution in [3.05, 3.63) is 0 Å². The third-order valence-electron chi connectivity index (χ3n) is 0. The first-order chi connectivity index (χ1) is 1.41. The van der Waals surface area contributed by atoms with Gasteiger partial charge in [0.2, 0.25) is 0 Å². The third-order valence-corrected chi connectivity index (χ3v) is 0. The summed E-state index contributed by atoms with van der Waals surface area (Å²) in [5.74, 6) is 0. The average molecular weight is 109 g/mol. The second kappa shape index (κ2) is 9.23. The van der Waals surface area contributed by atoms with Crippen molar-refractivity contribution in [2.45, 2.75) is 0 Å². The summed E-state index contributed by atoms with van der Waals surface area (Å²) in [5.41, 5.74) is 0. The Morgan fingerprint density at radius 2 is 1.25 bits per heavy atom. The van der Waals surface area contributed by atoms with Crippen LogP contribution in [0.2, 0.25) is 0 Å². The van der Waals surface area contributed by atoms with Gasteiger partial charge in [-0.1, -0.05) is 0 Å². The maximum absolute atomic E-state index is 8.40. The zero-order valence-corrected chi connectivity index (χ0v) is 4.70. The Labute approximate surface area is 43.6 Å². The molecule has 0 atom stereocenters. The Bertz CT molecular complexity index is 27.0. The molecule has 0 saturated heterocycles. The van der Waals surface area contributed by atoms with Crippen molar-refractivity contribution in [3.63, 3.8) is 0 Å². The van der Waals surface area contributed by atoms with E-state index in [9.17, 15) is 0 Å². The molecule has 4 heteroatoms. The standard InChI is InChI=1S/HO2P.Sc/c1-3-2;/h3H;. The maximum atomic E-state index is 8.40. The van der Waals surface area contributed by atoms with E-state index in [0.29, 0.717) is 0 Å². The fraction of sp³-hybridized carbons (Fsp3) is 0. The van der Waals surface area contributed by atoms with E-state index in [-0.39, 0.29) is 25.8 Å². The van der Waals surface area contributed by atoms with Crippen molar-refractivity contribution in [3.8, 4) is 0 Å². The van der Waals surface area contributed by atoms with Crippen LogP contribution >= 0.6 is 8.34 Å². The molecule has 0 amide bonds. The van der Waals surface area contributed by atoms with E-state index < -0.39 is 8.34 Å². The molecular formula is HO2PSc. The molecule has 0 aliphatic heterocycles. The van der Waals surface area contributed by atoms with Gasteiger partial charge in [-0.15, -0.1) is 0 Å². The zero-order valence-electron chi connectivity index (χ0n) is 1.89. The summed E-state index contributed by atoms with van der Waals surface area (Å²) in [6.07, 6.45) is 0. The summed E-state index contributed by atoms with van der Waals surface area (Å²) >= 11 is 0. The van der Waals surface area contributed by atoms with E-state index >= 15 is 0 Å². The molecule has 0 aromatic carbocycles. The van der Waals surface area contributed by atoms with Crippen LogP contribution in [0.1, 0.15) is 0 Å². The summed E-state index contributed by atoms with van der Waals surface area (Å²) in [7, 11) is -1.42. The molecule has 2 nitrogen and oxygen atoms in total. The van der Waals surface area contributed by atoms with Gasteiger partial charge >= 0.3 is 8.34 Å². The van der Waals surface area contributed by atoms with Gasteiger partial charge in [0.25, 0.3) is 0 Å². The molecule has 0 aromatic rings. The first-order valence-corrected chi connectivity index (χ1v) is 1.22. The Balaban J connectivity index is 0. The molecule has 0 rings (SSSR count). The molecule has 0 saturated carbocycles. The van der Waals surface area contributed by atoms with Gasteiger partial charge < -0.3 is 0 Å². The predicted molar refractivity (Wildman–Crippen MR) is 9.69 cm³/mol. The largest absolute Gasteiger partial charge is 0.303 e. The smallest absolute Gasteiger partial charge is 0.241 e. The Morgan fingerprint density at radius 1 is 1.25 bits per heavy atom. The fourth-order valence-electron chi connectivity index (χ4n) is 0. The average Bonchev–Trinajstić information content (AvgIpc) is 0.918. The summed E-state index contributed by atoms with van der Waals surface area (Å²) in [4.78, 5) is 0. The third kappa shape index (κ3) is 14.6. The molecule has 0 N–H and O–H groups in total. The van der Waals surface area contributed by atoms with Crippen molar-refractivity contribution >= 4 is 8.34 Å². The van der Waals surface area contributed by atoms with Crippen LogP contribution in [0.15, 0.2) is 0 Å². The molecular weight excluding hydrogens is 108 g/mol. The molecule has 0 bridgehead atoms. The van der Waals surface area contributed by atoms with Gasteiger partial charge in [0.15, 0.2) is 0 Å². The second-order valence-electron chi connectivity index (χ2n) is 0.0833. The van der Waals surface area contributed by atoms with Crippen LogP contribution in [-0.4, -0.2) is 0 Å². The summed E-state index contributed by atoms with van der Waals surface area (Å²) < 4.78 is 16.8. The zero-order chi connectivity index (χ0) is 2.71. The molecule has 0 aromatic heterocycles. The van der Waals surface area contributed by atoms with E-state index in [2.05, 4.69) is 0 Å². The van der Waals surface area contributed by atoms with Crippen molar-refractivity contribution in [1.29, 1.82) is 0 Å². The van der Waals surface area contributed by atoms with Gasteiger partial charge in [0.1, 0.15) is 0 Å². The first kappa shape index (κ1) is 8.84. The first-order valence-electron chi connectivity index (χ1n) is 0.408. The van der Waals surface area contributed by atoms with Crippen LogP contribution < -0.4 is 0 Å². The summed E-state index contributed by atoms with van der Waals surface area (Å²) in [6, 6.07) is 0. The molecule has 0 unspecified atom stereocenters. The Hall–Kier alpha value is 0.770. The summed E-state index contributed by atoms with van der Waals surface area (Å²) in [6.45, 7) is 0. The van der Waals surface area contributed by atoms with Gasteiger partial charge in [-0.25, -0.2) is 9.13 Å². The minimum absolute atomic E-state index is 0. The van der Waals surface area contributed by atoms with Gasteiger partial charge in [0.05, 0.1) is 0 Å². The molecule has 4 heavy (non-hydrogen) atoms. The van der Waals surface area contributed by atoms with E-state index in [1.807, 2.05) is 0 Å². The monoisotopic (exact) mass is 109 g/mol. The van der Waals surface area contributed by atoms with E-state index in [0.717, 1.165) is 0 Å². The van der Waals surface area contributed by atoms with Crippen molar-refractivity contribution in [2.24, 2.45) is 0 Å². The van der Waals surface area contributed by atoms with Crippen LogP contribution in [-0.2, 0) is 35.0 Å². The number of rotatable bonds is 0. The van der Waals surface area contributed by atoms with Gasteiger partial charge in [-0.3, -0.25) is 0 Å². The fourth-order valence-corrected chi connectivity index (χ4v) is 0. The van der Waals surface area contributed by atoms with Gasteiger partial charge in [-0.2, -0.15) is 0 Å².